The Morgan fingerprint density at radius 2 is 2.17 bits per heavy atom. The third-order valence-corrected chi connectivity index (χ3v) is 5.17. The maximum absolute atomic E-state index is 5.59. The molecule has 4 nitrogen and oxygen atoms in total. The Balaban J connectivity index is 1.45. The first kappa shape index (κ1) is 16.5. The summed E-state index contributed by atoms with van der Waals surface area (Å²) in [4.78, 5) is 3.97. The summed E-state index contributed by atoms with van der Waals surface area (Å²) in [5.41, 5.74) is 2.81. The highest BCUT2D eigenvalue weighted by molar-refractivity contribution is 7.80. The van der Waals surface area contributed by atoms with Crippen LogP contribution in [0.25, 0.3) is 0 Å². The largest absolute Gasteiger partial charge is 0.493 e. The molecule has 0 amide bonds. The summed E-state index contributed by atoms with van der Waals surface area (Å²) < 4.78 is 5.59. The number of fused-ring (bicyclic) bond motifs is 1. The van der Waals surface area contributed by atoms with E-state index in [9.17, 15) is 0 Å². The van der Waals surface area contributed by atoms with Gasteiger partial charge in [-0.3, -0.25) is 0 Å². The summed E-state index contributed by atoms with van der Waals surface area (Å²) in [5.74, 6) is 1.08. The molecule has 0 aromatic heterocycles. The molecule has 1 fully saturated rings. The lowest BCUT2D eigenvalue weighted by atomic mass is 10.1. The standard InChI is InChI=1S/C18H27N3OS/c1-2-3-7-19-18(23)21-10-8-20(9-11-21)14-15-4-5-17-16(13-15)6-12-22-17/h4-5,13H,2-3,6-12,14H2,1H3,(H,19,23)/p+1. The fourth-order valence-electron chi connectivity index (χ4n) is 3.33. The van der Waals surface area contributed by atoms with E-state index < -0.39 is 0 Å². The van der Waals surface area contributed by atoms with E-state index in [0.717, 1.165) is 63.2 Å². The third kappa shape index (κ3) is 4.36. The number of nitrogens with zero attached hydrogens (tertiary/aromatic N) is 1. The molecule has 1 aromatic rings. The number of benzene rings is 1. The molecule has 0 aliphatic carbocycles. The van der Waals surface area contributed by atoms with E-state index in [2.05, 4.69) is 35.3 Å². The van der Waals surface area contributed by atoms with Crippen LogP contribution in [0.5, 0.6) is 5.75 Å². The number of quaternary nitrogens is 1. The molecule has 1 saturated heterocycles. The molecule has 0 saturated carbocycles. The number of hydrogen-bond donors (Lipinski definition) is 2. The van der Waals surface area contributed by atoms with Gasteiger partial charge in [-0.05, 0) is 42.4 Å². The second kappa shape index (κ2) is 7.97. The summed E-state index contributed by atoms with van der Waals surface area (Å²) in [6.45, 7) is 9.58. The molecule has 126 valence electrons. The third-order valence-electron chi connectivity index (χ3n) is 4.77. The fourth-order valence-corrected chi connectivity index (χ4v) is 3.61. The van der Waals surface area contributed by atoms with Crippen LogP contribution in [-0.2, 0) is 13.0 Å². The van der Waals surface area contributed by atoms with E-state index in [4.69, 9.17) is 17.0 Å². The summed E-state index contributed by atoms with van der Waals surface area (Å²) in [5, 5.41) is 4.32. The van der Waals surface area contributed by atoms with Crippen molar-refractivity contribution in [1.29, 1.82) is 0 Å². The van der Waals surface area contributed by atoms with Gasteiger partial charge in [0.1, 0.15) is 12.3 Å². The number of rotatable bonds is 5. The van der Waals surface area contributed by atoms with Crippen molar-refractivity contribution in [2.45, 2.75) is 32.7 Å². The predicted molar refractivity (Wildman–Crippen MR) is 97.1 cm³/mol. The van der Waals surface area contributed by atoms with Gasteiger partial charge in [0.15, 0.2) is 5.11 Å². The van der Waals surface area contributed by atoms with Gasteiger partial charge in [0.2, 0.25) is 0 Å². The molecule has 2 aliphatic heterocycles. The first-order chi connectivity index (χ1) is 11.3. The van der Waals surface area contributed by atoms with Gasteiger partial charge < -0.3 is 19.9 Å². The number of nitrogens with one attached hydrogen (secondary N) is 2. The quantitative estimate of drug-likeness (QED) is 0.621. The molecule has 2 N–H and O–H groups in total. The molecule has 0 bridgehead atoms. The van der Waals surface area contributed by atoms with Crippen molar-refractivity contribution in [2.24, 2.45) is 0 Å². The highest BCUT2D eigenvalue weighted by Gasteiger charge is 2.22. The molecule has 0 radical (unpaired) electrons. The lowest BCUT2D eigenvalue weighted by Gasteiger charge is -2.34. The zero-order chi connectivity index (χ0) is 16.1. The average molecular weight is 335 g/mol. The van der Waals surface area contributed by atoms with E-state index in [1.54, 1.807) is 4.90 Å². The number of piperazine rings is 1. The van der Waals surface area contributed by atoms with Crippen LogP contribution in [0.4, 0.5) is 0 Å². The molecule has 1 aromatic carbocycles. The Kier molecular flexibility index (Phi) is 5.73. The van der Waals surface area contributed by atoms with Gasteiger partial charge in [0, 0.05) is 18.5 Å². The van der Waals surface area contributed by atoms with Crippen LogP contribution in [-0.4, -0.2) is 49.3 Å². The van der Waals surface area contributed by atoms with Crippen molar-refractivity contribution in [3.63, 3.8) is 0 Å². The molecule has 2 heterocycles. The second-order valence-electron chi connectivity index (χ2n) is 6.54. The van der Waals surface area contributed by atoms with Crippen LogP contribution in [0, 0.1) is 0 Å². The van der Waals surface area contributed by atoms with Crippen molar-refractivity contribution in [3.8, 4) is 5.75 Å². The first-order valence-electron chi connectivity index (χ1n) is 8.87. The molecule has 5 heteroatoms. The molecule has 2 aliphatic rings. The Labute approximate surface area is 144 Å². The van der Waals surface area contributed by atoms with Gasteiger partial charge in [-0.25, -0.2) is 0 Å². The van der Waals surface area contributed by atoms with Crippen molar-refractivity contribution < 1.29 is 9.64 Å². The Bertz CT molecular complexity index is 541. The Hall–Kier alpha value is -1.33. The summed E-state index contributed by atoms with van der Waals surface area (Å²) >= 11 is 5.50. The van der Waals surface area contributed by atoms with Crippen LogP contribution in [0.1, 0.15) is 30.9 Å². The zero-order valence-corrected chi connectivity index (χ0v) is 14.9. The molecule has 3 rings (SSSR count). The molecule has 23 heavy (non-hydrogen) atoms. The SMILES string of the molecule is CCCCNC(=S)N1CC[NH+](Cc2ccc3c(c2)CCO3)CC1. The number of thiocarbonyl (C=S) groups is 1. The number of hydrogen-bond acceptors (Lipinski definition) is 2. The first-order valence-corrected chi connectivity index (χ1v) is 9.28. The fraction of sp³-hybridized carbons (Fsp3) is 0.611. The topological polar surface area (TPSA) is 28.9 Å². The summed E-state index contributed by atoms with van der Waals surface area (Å²) in [7, 11) is 0. The molecule has 0 atom stereocenters. The van der Waals surface area contributed by atoms with Gasteiger partial charge in [-0.1, -0.05) is 13.3 Å². The number of unbranched alkanes of at least 4 members (excludes halogenated alkanes) is 1. The van der Waals surface area contributed by atoms with Gasteiger partial charge in [0.25, 0.3) is 0 Å². The zero-order valence-electron chi connectivity index (χ0n) is 14.1. The Morgan fingerprint density at radius 1 is 1.35 bits per heavy atom. The highest BCUT2D eigenvalue weighted by Crippen LogP contribution is 2.25. The molecule has 0 unspecified atom stereocenters. The lowest BCUT2D eigenvalue weighted by Crippen LogP contribution is -3.13. The minimum absolute atomic E-state index is 0.840. The summed E-state index contributed by atoms with van der Waals surface area (Å²) in [6.07, 6.45) is 3.46. The van der Waals surface area contributed by atoms with Gasteiger partial charge in [-0.2, -0.15) is 0 Å². The van der Waals surface area contributed by atoms with E-state index in [0.29, 0.717) is 0 Å². The predicted octanol–water partition coefficient (Wildman–Crippen LogP) is 0.997. The van der Waals surface area contributed by atoms with Gasteiger partial charge in [0.05, 0.1) is 32.8 Å². The minimum atomic E-state index is 0.840. The van der Waals surface area contributed by atoms with E-state index in [-0.39, 0.29) is 0 Å². The van der Waals surface area contributed by atoms with E-state index >= 15 is 0 Å². The second-order valence-corrected chi connectivity index (χ2v) is 6.93. The van der Waals surface area contributed by atoms with Crippen molar-refractivity contribution in [2.75, 3.05) is 39.3 Å². The van der Waals surface area contributed by atoms with Crippen LogP contribution in [0.2, 0.25) is 0 Å². The highest BCUT2D eigenvalue weighted by atomic mass is 32.1. The smallest absolute Gasteiger partial charge is 0.169 e. The maximum atomic E-state index is 5.59. The van der Waals surface area contributed by atoms with Crippen LogP contribution < -0.4 is 15.0 Å². The van der Waals surface area contributed by atoms with Crippen molar-refractivity contribution in [1.82, 2.24) is 10.2 Å². The monoisotopic (exact) mass is 334 g/mol. The van der Waals surface area contributed by atoms with Gasteiger partial charge >= 0.3 is 0 Å². The molecular weight excluding hydrogens is 306 g/mol. The number of ether oxygens (including phenoxy) is 1. The maximum Gasteiger partial charge on any atom is 0.169 e. The van der Waals surface area contributed by atoms with Gasteiger partial charge in [-0.15, -0.1) is 0 Å². The minimum Gasteiger partial charge on any atom is -0.493 e. The normalized spacial score (nSPS) is 17.7. The molecular formula is C18H28N3OS+. The van der Waals surface area contributed by atoms with Crippen molar-refractivity contribution >= 4 is 17.3 Å². The average Bonchev–Trinajstić information content (AvgIpc) is 3.03. The van der Waals surface area contributed by atoms with Crippen LogP contribution in [0.3, 0.4) is 0 Å². The van der Waals surface area contributed by atoms with E-state index in [1.807, 2.05) is 0 Å². The van der Waals surface area contributed by atoms with Crippen LogP contribution in [0.15, 0.2) is 18.2 Å². The van der Waals surface area contributed by atoms with E-state index in [1.165, 1.54) is 24.0 Å². The van der Waals surface area contributed by atoms with Crippen LogP contribution >= 0.6 is 12.2 Å². The van der Waals surface area contributed by atoms with Crippen molar-refractivity contribution in [3.05, 3.63) is 29.3 Å². The lowest BCUT2D eigenvalue weighted by molar-refractivity contribution is -0.917. The summed E-state index contributed by atoms with van der Waals surface area (Å²) in [6, 6.07) is 6.69. The Morgan fingerprint density at radius 3 is 2.96 bits per heavy atom. The molecule has 0 spiro atoms.